The van der Waals surface area contributed by atoms with Crippen molar-refractivity contribution in [3.05, 3.63) is 42.0 Å². The molecule has 3 aliphatic rings. The van der Waals surface area contributed by atoms with Crippen molar-refractivity contribution < 1.29 is 9.53 Å². The van der Waals surface area contributed by atoms with Gasteiger partial charge in [0.05, 0.1) is 12.2 Å². The Balaban J connectivity index is 1.36. The van der Waals surface area contributed by atoms with E-state index in [-0.39, 0.29) is 5.97 Å². The lowest BCUT2D eigenvalue weighted by Gasteiger charge is -2.56. The third kappa shape index (κ3) is 2.35. The Labute approximate surface area is 135 Å². The van der Waals surface area contributed by atoms with Crippen molar-refractivity contribution in [2.24, 2.45) is 17.3 Å². The molecule has 0 aliphatic heterocycles. The summed E-state index contributed by atoms with van der Waals surface area (Å²) in [5.41, 5.74) is 2.34. The van der Waals surface area contributed by atoms with Crippen molar-refractivity contribution in [2.45, 2.75) is 33.1 Å². The van der Waals surface area contributed by atoms with Crippen molar-refractivity contribution >= 4 is 11.7 Å². The predicted octanol–water partition coefficient (Wildman–Crippen LogP) is 3.27. The van der Waals surface area contributed by atoms with Crippen LogP contribution in [0.25, 0.3) is 5.78 Å². The van der Waals surface area contributed by atoms with Crippen LogP contribution in [0.15, 0.2) is 36.4 Å². The summed E-state index contributed by atoms with van der Waals surface area (Å²) in [5.74, 6) is 1.77. The highest BCUT2D eigenvalue weighted by atomic mass is 16.5. The molecule has 0 N–H and O–H groups in total. The fourth-order valence-electron chi connectivity index (χ4n) is 4.02. The summed E-state index contributed by atoms with van der Waals surface area (Å²) in [5, 5.41) is 0. The Morgan fingerprint density at radius 1 is 1.43 bits per heavy atom. The molecule has 0 aromatic carbocycles. The quantitative estimate of drug-likeness (QED) is 0.642. The second-order valence-corrected chi connectivity index (χ2v) is 7.18. The molecule has 1 fully saturated rings. The molecule has 5 nitrogen and oxygen atoms in total. The molecule has 2 atom stereocenters. The van der Waals surface area contributed by atoms with Gasteiger partial charge in [0, 0.05) is 31.2 Å². The molecule has 5 rings (SSSR count). The third-order valence-electron chi connectivity index (χ3n) is 5.69. The van der Waals surface area contributed by atoms with Crippen LogP contribution >= 0.6 is 0 Å². The highest BCUT2D eigenvalue weighted by molar-refractivity contribution is 5.88. The van der Waals surface area contributed by atoms with E-state index in [0.29, 0.717) is 29.3 Å². The second kappa shape index (κ2) is 5.18. The van der Waals surface area contributed by atoms with Crippen molar-refractivity contribution in [1.29, 1.82) is 0 Å². The number of imidazole rings is 1. The normalized spacial score (nSPS) is 24.9. The van der Waals surface area contributed by atoms with E-state index in [0.717, 1.165) is 12.3 Å². The number of allylic oxidation sites excluding steroid dienone is 1. The molecule has 1 saturated carbocycles. The van der Waals surface area contributed by atoms with Gasteiger partial charge in [-0.3, -0.25) is 4.40 Å². The first kappa shape index (κ1) is 14.4. The number of rotatable bonds is 4. The molecular formula is C18H21N3O2. The van der Waals surface area contributed by atoms with Gasteiger partial charge < -0.3 is 4.74 Å². The molecule has 120 valence electrons. The number of nitrogens with zero attached hydrogens (tertiary/aromatic N) is 3. The average molecular weight is 311 g/mol. The molecule has 2 aromatic rings. The van der Waals surface area contributed by atoms with E-state index in [1.807, 2.05) is 0 Å². The van der Waals surface area contributed by atoms with Crippen LogP contribution in [0.4, 0.5) is 0 Å². The van der Waals surface area contributed by atoms with Crippen LogP contribution in [0.3, 0.4) is 0 Å². The number of fused-ring (bicyclic) bond motifs is 2. The van der Waals surface area contributed by atoms with Crippen molar-refractivity contribution in [3.8, 4) is 0 Å². The number of ether oxygens (including phenoxy) is 1. The lowest BCUT2D eigenvalue weighted by Crippen LogP contribution is -2.48. The fourth-order valence-corrected chi connectivity index (χ4v) is 4.02. The van der Waals surface area contributed by atoms with Crippen LogP contribution < -0.4 is 0 Å². The summed E-state index contributed by atoms with van der Waals surface area (Å²) in [4.78, 5) is 20.4. The molecule has 2 heterocycles. The largest absolute Gasteiger partial charge is 0.462 e. The lowest BCUT2D eigenvalue weighted by atomic mass is 9.48. The molecule has 0 radical (unpaired) electrons. The molecule has 2 bridgehead atoms. The first-order chi connectivity index (χ1) is 11.1. The zero-order valence-corrected chi connectivity index (χ0v) is 13.5. The minimum Gasteiger partial charge on any atom is -0.462 e. The topological polar surface area (TPSA) is 56.5 Å². The second-order valence-electron chi connectivity index (χ2n) is 7.18. The van der Waals surface area contributed by atoms with E-state index in [4.69, 9.17) is 4.74 Å². The number of hydrogen-bond acceptors (Lipinski definition) is 4. The van der Waals surface area contributed by atoms with E-state index in [1.54, 1.807) is 23.0 Å². The summed E-state index contributed by atoms with van der Waals surface area (Å²) in [6, 6.07) is 0. The van der Waals surface area contributed by atoms with Gasteiger partial charge in [-0.25, -0.2) is 14.8 Å². The lowest BCUT2D eigenvalue weighted by molar-refractivity contribution is -0.0103. The molecule has 23 heavy (non-hydrogen) atoms. The van der Waals surface area contributed by atoms with Gasteiger partial charge in [-0.05, 0) is 30.1 Å². The van der Waals surface area contributed by atoms with Gasteiger partial charge >= 0.3 is 5.97 Å². The van der Waals surface area contributed by atoms with E-state index in [9.17, 15) is 4.79 Å². The number of hydrogen-bond donors (Lipinski definition) is 0. The van der Waals surface area contributed by atoms with Crippen LogP contribution in [0.5, 0.6) is 0 Å². The van der Waals surface area contributed by atoms with Gasteiger partial charge in [-0.15, -0.1) is 0 Å². The number of carbonyl (C=O) groups excluding carboxylic acids is 1. The maximum Gasteiger partial charge on any atom is 0.341 e. The van der Waals surface area contributed by atoms with E-state index in [1.165, 1.54) is 24.6 Å². The van der Waals surface area contributed by atoms with Crippen molar-refractivity contribution in [1.82, 2.24) is 14.4 Å². The highest BCUT2D eigenvalue weighted by Gasteiger charge is 2.50. The van der Waals surface area contributed by atoms with Gasteiger partial charge in [-0.2, -0.15) is 0 Å². The number of aromatic nitrogens is 3. The molecule has 0 unspecified atom stereocenters. The van der Waals surface area contributed by atoms with Crippen LogP contribution in [0.1, 0.15) is 43.5 Å². The van der Waals surface area contributed by atoms with Crippen LogP contribution in [-0.4, -0.2) is 26.9 Å². The van der Waals surface area contributed by atoms with Gasteiger partial charge in [-0.1, -0.05) is 25.5 Å². The third-order valence-corrected chi connectivity index (χ3v) is 5.69. The zero-order valence-electron chi connectivity index (χ0n) is 13.5. The molecule has 0 amide bonds. The van der Waals surface area contributed by atoms with Gasteiger partial charge in [0.1, 0.15) is 0 Å². The van der Waals surface area contributed by atoms with Gasteiger partial charge in [0.25, 0.3) is 0 Å². The minimum absolute atomic E-state index is 0.324. The maximum atomic E-state index is 12.2. The molecule has 5 heteroatoms. The molecule has 3 aliphatic carbocycles. The van der Waals surface area contributed by atoms with Crippen LogP contribution in [-0.2, 0) is 4.74 Å². The molecule has 0 spiro atoms. The Morgan fingerprint density at radius 3 is 3.09 bits per heavy atom. The standard InChI is InChI=1S/C18H21N3O2/c1-18(2)14-4-3-12(15(18)9-14)5-8-23-16(22)13-10-20-17-19-6-7-21(17)11-13/h3,6-7,10-11,14-15H,4-5,8-9H2,1-2H3/t14-,15-/m0/s1. The highest BCUT2D eigenvalue weighted by Crippen LogP contribution is 2.59. The monoisotopic (exact) mass is 311 g/mol. The minimum atomic E-state index is -0.324. The van der Waals surface area contributed by atoms with Crippen molar-refractivity contribution in [2.75, 3.05) is 6.61 Å². The first-order valence-corrected chi connectivity index (χ1v) is 8.20. The van der Waals surface area contributed by atoms with Crippen LogP contribution in [0, 0.1) is 17.3 Å². The zero-order chi connectivity index (χ0) is 16.0. The Kier molecular flexibility index (Phi) is 3.25. The Morgan fingerprint density at radius 2 is 2.30 bits per heavy atom. The van der Waals surface area contributed by atoms with E-state index < -0.39 is 0 Å². The number of carbonyl (C=O) groups is 1. The first-order valence-electron chi connectivity index (χ1n) is 8.20. The van der Waals surface area contributed by atoms with Gasteiger partial charge in [0.15, 0.2) is 0 Å². The van der Waals surface area contributed by atoms with E-state index >= 15 is 0 Å². The summed E-state index contributed by atoms with van der Waals surface area (Å²) in [6.07, 6.45) is 12.3. The average Bonchev–Trinajstić information content (AvgIpc) is 3.02. The number of esters is 1. The summed E-state index contributed by atoms with van der Waals surface area (Å²) in [6.45, 7) is 5.15. The molecular weight excluding hydrogens is 290 g/mol. The van der Waals surface area contributed by atoms with E-state index in [2.05, 4.69) is 29.9 Å². The molecule has 0 saturated heterocycles. The molecule has 2 aromatic heterocycles. The van der Waals surface area contributed by atoms with Crippen molar-refractivity contribution in [3.63, 3.8) is 0 Å². The maximum absolute atomic E-state index is 12.2. The van der Waals surface area contributed by atoms with Gasteiger partial charge in [0.2, 0.25) is 5.78 Å². The SMILES string of the molecule is CC1(C)[C@H]2CC=C(CCOC(=O)c3cnc4nccn4c3)[C@@H]1C2. The smallest absolute Gasteiger partial charge is 0.341 e. The Bertz CT molecular complexity index is 790. The summed E-state index contributed by atoms with van der Waals surface area (Å²) < 4.78 is 7.16. The fraction of sp³-hybridized carbons (Fsp3) is 0.500. The van der Waals surface area contributed by atoms with Crippen LogP contribution in [0.2, 0.25) is 0 Å². The Hall–Kier alpha value is -2.17. The predicted molar refractivity (Wildman–Crippen MR) is 86.0 cm³/mol. The summed E-state index contributed by atoms with van der Waals surface area (Å²) >= 11 is 0. The summed E-state index contributed by atoms with van der Waals surface area (Å²) in [7, 11) is 0.